The standard InChI is InChI=1S/C16H30N2O3/c1-4-13(12-8-6-5-7-9-12)17-16(21)18-14(15(19)20)10-11(2)3/h11-14H,4-10H2,1-3H3,(H,19,20)(H2,17,18,21)/t13?,14-/m1/s1. The second-order valence-corrected chi connectivity index (χ2v) is 6.55. The molecular weight excluding hydrogens is 268 g/mol. The Kier molecular flexibility index (Phi) is 7.54. The van der Waals surface area contributed by atoms with Crippen LogP contribution in [0.25, 0.3) is 0 Å². The maximum atomic E-state index is 12.1. The molecule has 5 heteroatoms. The lowest BCUT2D eigenvalue weighted by molar-refractivity contribution is -0.139. The minimum Gasteiger partial charge on any atom is -0.480 e. The number of carbonyl (C=O) groups excluding carboxylic acids is 1. The Balaban J connectivity index is 2.50. The number of nitrogens with one attached hydrogen (secondary N) is 2. The van der Waals surface area contributed by atoms with Crippen molar-refractivity contribution in [2.75, 3.05) is 0 Å². The van der Waals surface area contributed by atoms with Crippen LogP contribution in [0.5, 0.6) is 0 Å². The fraction of sp³-hybridized carbons (Fsp3) is 0.875. The molecule has 2 atom stereocenters. The summed E-state index contributed by atoms with van der Waals surface area (Å²) < 4.78 is 0. The van der Waals surface area contributed by atoms with E-state index in [4.69, 9.17) is 5.11 Å². The van der Waals surface area contributed by atoms with Crippen LogP contribution in [0.15, 0.2) is 0 Å². The van der Waals surface area contributed by atoms with Crippen molar-refractivity contribution in [3.8, 4) is 0 Å². The van der Waals surface area contributed by atoms with Gasteiger partial charge in [0.1, 0.15) is 6.04 Å². The van der Waals surface area contributed by atoms with Gasteiger partial charge in [0.15, 0.2) is 0 Å². The molecule has 0 aromatic rings. The van der Waals surface area contributed by atoms with Gasteiger partial charge in [-0.3, -0.25) is 0 Å². The summed E-state index contributed by atoms with van der Waals surface area (Å²) in [5.41, 5.74) is 0. The lowest BCUT2D eigenvalue weighted by Gasteiger charge is -2.30. The van der Waals surface area contributed by atoms with Crippen molar-refractivity contribution in [1.29, 1.82) is 0 Å². The summed E-state index contributed by atoms with van der Waals surface area (Å²) in [6, 6.07) is -1.01. The number of rotatable bonds is 7. The molecule has 0 aromatic heterocycles. The van der Waals surface area contributed by atoms with Crippen LogP contribution in [-0.2, 0) is 4.79 Å². The fourth-order valence-corrected chi connectivity index (χ4v) is 3.15. The molecular formula is C16H30N2O3. The highest BCUT2D eigenvalue weighted by Gasteiger charge is 2.26. The summed E-state index contributed by atoms with van der Waals surface area (Å²) in [6.07, 6.45) is 7.41. The van der Waals surface area contributed by atoms with Crippen LogP contribution >= 0.6 is 0 Å². The first-order chi connectivity index (χ1) is 9.93. The number of hydrogen-bond acceptors (Lipinski definition) is 2. The molecule has 0 saturated heterocycles. The fourth-order valence-electron chi connectivity index (χ4n) is 3.15. The Morgan fingerprint density at radius 2 is 1.76 bits per heavy atom. The van der Waals surface area contributed by atoms with E-state index in [1.54, 1.807) is 0 Å². The van der Waals surface area contributed by atoms with Crippen LogP contribution in [0.2, 0.25) is 0 Å². The molecule has 1 aliphatic rings. The summed E-state index contributed by atoms with van der Waals surface area (Å²) in [5, 5.41) is 14.8. The first-order valence-electron chi connectivity index (χ1n) is 8.23. The molecule has 3 N–H and O–H groups in total. The number of urea groups is 1. The van der Waals surface area contributed by atoms with Crippen molar-refractivity contribution < 1.29 is 14.7 Å². The molecule has 0 radical (unpaired) electrons. The summed E-state index contributed by atoms with van der Waals surface area (Å²) in [6.45, 7) is 5.97. The first-order valence-corrected chi connectivity index (χ1v) is 8.23. The van der Waals surface area contributed by atoms with Crippen LogP contribution < -0.4 is 10.6 Å². The lowest BCUT2D eigenvalue weighted by atomic mass is 9.83. The molecule has 21 heavy (non-hydrogen) atoms. The molecule has 1 aliphatic carbocycles. The monoisotopic (exact) mass is 298 g/mol. The molecule has 5 nitrogen and oxygen atoms in total. The third kappa shape index (κ3) is 6.36. The maximum absolute atomic E-state index is 12.1. The van der Waals surface area contributed by atoms with E-state index < -0.39 is 12.0 Å². The number of hydrogen-bond donors (Lipinski definition) is 3. The second-order valence-electron chi connectivity index (χ2n) is 6.55. The van der Waals surface area contributed by atoms with Gasteiger partial charge in [0.2, 0.25) is 0 Å². The summed E-state index contributed by atoms with van der Waals surface area (Å²) in [4.78, 5) is 23.3. The van der Waals surface area contributed by atoms with Gasteiger partial charge in [-0.05, 0) is 37.5 Å². The van der Waals surface area contributed by atoms with E-state index in [9.17, 15) is 9.59 Å². The largest absolute Gasteiger partial charge is 0.480 e. The van der Waals surface area contributed by atoms with Gasteiger partial charge in [-0.2, -0.15) is 0 Å². The molecule has 1 unspecified atom stereocenters. The van der Waals surface area contributed by atoms with Crippen molar-refractivity contribution in [2.24, 2.45) is 11.8 Å². The maximum Gasteiger partial charge on any atom is 0.326 e. The third-order valence-electron chi connectivity index (χ3n) is 4.29. The van der Waals surface area contributed by atoms with Crippen molar-refractivity contribution in [2.45, 2.75) is 77.8 Å². The van der Waals surface area contributed by atoms with Crippen LogP contribution in [0.1, 0.15) is 65.7 Å². The third-order valence-corrected chi connectivity index (χ3v) is 4.29. The van der Waals surface area contributed by atoms with E-state index in [1.807, 2.05) is 13.8 Å². The van der Waals surface area contributed by atoms with E-state index in [2.05, 4.69) is 17.6 Å². The molecule has 0 heterocycles. The van der Waals surface area contributed by atoms with Gasteiger partial charge in [0, 0.05) is 6.04 Å². The summed E-state index contributed by atoms with van der Waals surface area (Å²) >= 11 is 0. The summed E-state index contributed by atoms with van der Waals surface area (Å²) in [7, 11) is 0. The minimum atomic E-state index is -0.968. The highest BCUT2D eigenvalue weighted by Crippen LogP contribution is 2.27. The number of carboxylic acids is 1. The quantitative estimate of drug-likeness (QED) is 0.675. The topological polar surface area (TPSA) is 78.4 Å². The Bertz CT molecular complexity index is 338. The van der Waals surface area contributed by atoms with Gasteiger partial charge in [-0.25, -0.2) is 9.59 Å². The van der Waals surface area contributed by atoms with E-state index >= 15 is 0 Å². The zero-order valence-electron chi connectivity index (χ0n) is 13.5. The van der Waals surface area contributed by atoms with Crippen molar-refractivity contribution >= 4 is 12.0 Å². The molecule has 122 valence electrons. The minimum absolute atomic E-state index is 0.152. The highest BCUT2D eigenvalue weighted by molar-refractivity contribution is 5.82. The van der Waals surface area contributed by atoms with E-state index in [0.717, 1.165) is 19.3 Å². The molecule has 0 bridgehead atoms. The Morgan fingerprint density at radius 1 is 1.14 bits per heavy atom. The van der Waals surface area contributed by atoms with Crippen molar-refractivity contribution in [3.05, 3.63) is 0 Å². The highest BCUT2D eigenvalue weighted by atomic mass is 16.4. The van der Waals surface area contributed by atoms with E-state index in [1.165, 1.54) is 19.3 Å². The Morgan fingerprint density at radius 3 is 2.24 bits per heavy atom. The van der Waals surface area contributed by atoms with Crippen LogP contribution in [0, 0.1) is 11.8 Å². The van der Waals surface area contributed by atoms with Crippen LogP contribution in [0.3, 0.4) is 0 Å². The average molecular weight is 298 g/mol. The first kappa shape index (κ1) is 17.8. The number of amides is 2. The molecule has 0 aromatic carbocycles. The van der Waals surface area contributed by atoms with Gasteiger partial charge < -0.3 is 15.7 Å². The average Bonchev–Trinajstić information content (AvgIpc) is 2.44. The Hall–Kier alpha value is -1.26. The molecule has 0 aliphatic heterocycles. The van der Waals surface area contributed by atoms with Crippen LogP contribution in [0.4, 0.5) is 4.79 Å². The van der Waals surface area contributed by atoms with Gasteiger partial charge >= 0.3 is 12.0 Å². The number of carboxylic acid groups (broad SMARTS) is 1. The molecule has 0 spiro atoms. The van der Waals surface area contributed by atoms with Gasteiger partial charge in [-0.15, -0.1) is 0 Å². The Labute approximate surface area is 127 Å². The van der Waals surface area contributed by atoms with Gasteiger partial charge in [0.25, 0.3) is 0 Å². The van der Waals surface area contributed by atoms with Crippen molar-refractivity contribution in [3.63, 3.8) is 0 Å². The lowest BCUT2D eigenvalue weighted by Crippen LogP contribution is -2.51. The second kappa shape index (κ2) is 8.90. The summed E-state index contributed by atoms with van der Waals surface area (Å²) in [5.74, 6) is -0.209. The molecule has 1 saturated carbocycles. The zero-order chi connectivity index (χ0) is 15.8. The van der Waals surface area contributed by atoms with Crippen molar-refractivity contribution in [1.82, 2.24) is 10.6 Å². The van der Waals surface area contributed by atoms with Gasteiger partial charge in [-0.1, -0.05) is 40.0 Å². The van der Waals surface area contributed by atoms with Crippen LogP contribution in [-0.4, -0.2) is 29.2 Å². The molecule has 2 amide bonds. The predicted molar refractivity (Wildman–Crippen MR) is 83.2 cm³/mol. The number of carbonyl (C=O) groups is 2. The predicted octanol–water partition coefficient (Wildman–Crippen LogP) is 3.14. The SMILES string of the molecule is CCC(NC(=O)N[C@H](CC(C)C)C(=O)O)C1CCCCC1. The molecule has 1 fully saturated rings. The van der Waals surface area contributed by atoms with Gasteiger partial charge in [0.05, 0.1) is 0 Å². The zero-order valence-corrected chi connectivity index (χ0v) is 13.5. The van der Waals surface area contributed by atoms with E-state index in [0.29, 0.717) is 12.3 Å². The van der Waals surface area contributed by atoms with E-state index in [-0.39, 0.29) is 18.0 Å². The number of aliphatic carboxylic acids is 1. The normalized spacial score (nSPS) is 19.0. The smallest absolute Gasteiger partial charge is 0.326 e. The molecule has 1 rings (SSSR count).